The summed E-state index contributed by atoms with van der Waals surface area (Å²) in [5.41, 5.74) is 0. The standard InChI is InChI=1S/C12H19N3O/c1-8(2)6-10-14-11(13-9-4-5-9)7-12(15-10)16-3/h7-9H,4-6H2,1-3H3,(H,13,14,15). The highest BCUT2D eigenvalue weighted by molar-refractivity contribution is 5.40. The van der Waals surface area contributed by atoms with Crippen molar-refractivity contribution < 1.29 is 4.74 Å². The Morgan fingerprint density at radius 1 is 1.44 bits per heavy atom. The quantitative estimate of drug-likeness (QED) is 0.828. The molecule has 2 rings (SSSR count). The summed E-state index contributed by atoms with van der Waals surface area (Å²) in [7, 11) is 1.64. The van der Waals surface area contributed by atoms with Gasteiger partial charge in [-0.3, -0.25) is 0 Å². The molecule has 4 nitrogen and oxygen atoms in total. The van der Waals surface area contributed by atoms with E-state index in [2.05, 4.69) is 29.1 Å². The van der Waals surface area contributed by atoms with Gasteiger partial charge in [0.05, 0.1) is 7.11 Å². The van der Waals surface area contributed by atoms with Gasteiger partial charge < -0.3 is 10.1 Å². The fourth-order valence-corrected chi connectivity index (χ4v) is 1.54. The smallest absolute Gasteiger partial charge is 0.218 e. The Hall–Kier alpha value is -1.32. The third kappa shape index (κ3) is 3.08. The summed E-state index contributed by atoms with van der Waals surface area (Å²) in [4.78, 5) is 8.85. The summed E-state index contributed by atoms with van der Waals surface area (Å²) in [6.07, 6.45) is 3.37. The fourth-order valence-electron chi connectivity index (χ4n) is 1.54. The zero-order valence-electron chi connectivity index (χ0n) is 10.2. The Labute approximate surface area is 96.4 Å². The maximum absolute atomic E-state index is 5.19. The van der Waals surface area contributed by atoms with Gasteiger partial charge in [-0.2, -0.15) is 4.98 Å². The molecule has 1 fully saturated rings. The van der Waals surface area contributed by atoms with E-state index in [9.17, 15) is 0 Å². The normalized spacial score (nSPS) is 15.2. The first kappa shape index (κ1) is 11.2. The highest BCUT2D eigenvalue weighted by atomic mass is 16.5. The summed E-state index contributed by atoms with van der Waals surface area (Å²) >= 11 is 0. The molecule has 0 unspecified atom stereocenters. The lowest BCUT2D eigenvalue weighted by Gasteiger charge is -2.09. The van der Waals surface area contributed by atoms with E-state index in [1.807, 2.05) is 6.07 Å². The SMILES string of the molecule is COc1cc(NC2CC2)nc(CC(C)C)n1. The summed E-state index contributed by atoms with van der Waals surface area (Å²) in [5.74, 6) is 2.96. The van der Waals surface area contributed by atoms with Crippen molar-refractivity contribution in [1.29, 1.82) is 0 Å². The monoisotopic (exact) mass is 221 g/mol. The first-order valence-electron chi connectivity index (χ1n) is 5.86. The summed E-state index contributed by atoms with van der Waals surface area (Å²) in [6.45, 7) is 4.33. The molecular weight excluding hydrogens is 202 g/mol. The van der Waals surface area contributed by atoms with Gasteiger partial charge in [0.2, 0.25) is 5.88 Å². The molecule has 0 radical (unpaired) electrons. The van der Waals surface area contributed by atoms with Crippen LogP contribution in [0.3, 0.4) is 0 Å². The molecule has 0 spiro atoms. The molecule has 0 aromatic carbocycles. The van der Waals surface area contributed by atoms with Crippen LogP contribution in [0, 0.1) is 5.92 Å². The van der Waals surface area contributed by atoms with Crippen molar-refractivity contribution >= 4 is 5.82 Å². The van der Waals surface area contributed by atoms with Gasteiger partial charge >= 0.3 is 0 Å². The van der Waals surface area contributed by atoms with Crippen molar-refractivity contribution in [1.82, 2.24) is 9.97 Å². The van der Waals surface area contributed by atoms with Crippen LogP contribution in [0.2, 0.25) is 0 Å². The van der Waals surface area contributed by atoms with Gasteiger partial charge in [-0.25, -0.2) is 4.98 Å². The molecule has 88 valence electrons. The van der Waals surface area contributed by atoms with Gasteiger partial charge in [0.25, 0.3) is 0 Å². The second-order valence-electron chi connectivity index (χ2n) is 4.73. The highest BCUT2D eigenvalue weighted by Gasteiger charge is 2.22. The predicted molar refractivity (Wildman–Crippen MR) is 63.8 cm³/mol. The number of hydrogen-bond donors (Lipinski definition) is 1. The van der Waals surface area contributed by atoms with Crippen LogP contribution >= 0.6 is 0 Å². The van der Waals surface area contributed by atoms with Crippen molar-refractivity contribution in [2.24, 2.45) is 5.92 Å². The molecule has 1 heterocycles. The third-order valence-corrected chi connectivity index (χ3v) is 2.48. The average molecular weight is 221 g/mol. The summed E-state index contributed by atoms with van der Waals surface area (Å²) < 4.78 is 5.19. The number of nitrogens with one attached hydrogen (secondary N) is 1. The van der Waals surface area contributed by atoms with Gasteiger partial charge in [0.15, 0.2) is 0 Å². The lowest BCUT2D eigenvalue weighted by atomic mass is 10.1. The van der Waals surface area contributed by atoms with Crippen molar-refractivity contribution in [3.63, 3.8) is 0 Å². The highest BCUT2D eigenvalue weighted by Crippen LogP contribution is 2.25. The first-order valence-corrected chi connectivity index (χ1v) is 5.86. The molecule has 1 aromatic rings. The Bertz CT molecular complexity index is 339. The number of anilines is 1. The van der Waals surface area contributed by atoms with Gasteiger partial charge in [0.1, 0.15) is 11.6 Å². The van der Waals surface area contributed by atoms with Crippen molar-refractivity contribution in [3.8, 4) is 5.88 Å². The Morgan fingerprint density at radius 3 is 2.75 bits per heavy atom. The summed E-state index contributed by atoms with van der Waals surface area (Å²) in [6, 6.07) is 2.47. The van der Waals surface area contributed by atoms with E-state index in [-0.39, 0.29) is 0 Å². The van der Waals surface area contributed by atoms with E-state index < -0.39 is 0 Å². The molecule has 1 N–H and O–H groups in total. The van der Waals surface area contributed by atoms with E-state index in [0.29, 0.717) is 17.8 Å². The number of aromatic nitrogens is 2. The topological polar surface area (TPSA) is 47.0 Å². The molecule has 0 amide bonds. The van der Waals surface area contributed by atoms with Crippen LogP contribution in [-0.2, 0) is 6.42 Å². The number of nitrogens with zero attached hydrogens (tertiary/aromatic N) is 2. The Morgan fingerprint density at radius 2 is 2.19 bits per heavy atom. The van der Waals surface area contributed by atoms with Gasteiger partial charge in [-0.1, -0.05) is 13.8 Å². The molecule has 1 aromatic heterocycles. The van der Waals surface area contributed by atoms with Crippen LogP contribution in [0.1, 0.15) is 32.5 Å². The Balaban J connectivity index is 2.15. The molecule has 1 aliphatic carbocycles. The minimum Gasteiger partial charge on any atom is -0.481 e. The minimum atomic E-state index is 0.556. The third-order valence-electron chi connectivity index (χ3n) is 2.48. The maximum atomic E-state index is 5.19. The lowest BCUT2D eigenvalue weighted by Crippen LogP contribution is -2.08. The molecule has 16 heavy (non-hydrogen) atoms. The molecule has 4 heteroatoms. The zero-order valence-corrected chi connectivity index (χ0v) is 10.2. The zero-order chi connectivity index (χ0) is 11.5. The van der Waals surface area contributed by atoms with E-state index >= 15 is 0 Å². The van der Waals surface area contributed by atoms with Crippen LogP contribution in [0.25, 0.3) is 0 Å². The van der Waals surface area contributed by atoms with E-state index in [1.54, 1.807) is 7.11 Å². The van der Waals surface area contributed by atoms with Crippen molar-refractivity contribution in [2.75, 3.05) is 12.4 Å². The molecule has 0 atom stereocenters. The lowest BCUT2D eigenvalue weighted by molar-refractivity contribution is 0.394. The number of hydrogen-bond acceptors (Lipinski definition) is 4. The van der Waals surface area contributed by atoms with E-state index in [0.717, 1.165) is 18.1 Å². The molecule has 0 saturated heterocycles. The van der Waals surface area contributed by atoms with E-state index in [4.69, 9.17) is 4.74 Å². The minimum absolute atomic E-state index is 0.556. The van der Waals surface area contributed by atoms with Crippen LogP contribution in [-0.4, -0.2) is 23.1 Å². The fraction of sp³-hybridized carbons (Fsp3) is 0.667. The second-order valence-corrected chi connectivity index (χ2v) is 4.73. The largest absolute Gasteiger partial charge is 0.481 e. The van der Waals surface area contributed by atoms with Gasteiger partial charge in [0, 0.05) is 18.5 Å². The molecule has 1 aliphatic rings. The van der Waals surface area contributed by atoms with Crippen molar-refractivity contribution in [3.05, 3.63) is 11.9 Å². The van der Waals surface area contributed by atoms with Crippen molar-refractivity contribution in [2.45, 2.75) is 39.2 Å². The molecular formula is C12H19N3O. The second kappa shape index (κ2) is 4.68. The number of rotatable bonds is 5. The molecule has 0 bridgehead atoms. The summed E-state index contributed by atoms with van der Waals surface area (Å²) in [5, 5.41) is 3.37. The maximum Gasteiger partial charge on any atom is 0.218 e. The molecule has 1 saturated carbocycles. The average Bonchev–Trinajstić information content (AvgIpc) is 3.00. The van der Waals surface area contributed by atoms with Gasteiger partial charge in [-0.05, 0) is 18.8 Å². The number of methoxy groups -OCH3 is 1. The van der Waals surface area contributed by atoms with Gasteiger partial charge in [-0.15, -0.1) is 0 Å². The van der Waals surface area contributed by atoms with Crippen LogP contribution in [0.5, 0.6) is 5.88 Å². The molecule has 0 aliphatic heterocycles. The van der Waals surface area contributed by atoms with Crippen LogP contribution < -0.4 is 10.1 Å². The number of ether oxygens (including phenoxy) is 1. The van der Waals surface area contributed by atoms with Crippen LogP contribution in [0.15, 0.2) is 6.07 Å². The first-order chi connectivity index (χ1) is 7.67. The van der Waals surface area contributed by atoms with Crippen LogP contribution in [0.4, 0.5) is 5.82 Å². The Kier molecular flexibility index (Phi) is 3.27. The predicted octanol–water partition coefficient (Wildman–Crippen LogP) is 2.26. The van der Waals surface area contributed by atoms with E-state index in [1.165, 1.54) is 12.8 Å².